The van der Waals surface area contributed by atoms with Crippen molar-refractivity contribution in [3.8, 4) is 45.8 Å². The van der Waals surface area contributed by atoms with Crippen molar-refractivity contribution in [2.24, 2.45) is 28.4 Å². The number of alkyl carbamates (subject to hydrolysis) is 2. The number of methoxy groups -OCH3 is 2. The first-order valence-electron chi connectivity index (χ1n) is 42.3. The molecule has 4 unspecified atom stereocenters. The molecule has 668 valence electrons. The van der Waals surface area contributed by atoms with Crippen LogP contribution in [0.4, 0.5) is 19.9 Å². The van der Waals surface area contributed by atoms with E-state index in [-0.39, 0.29) is 74.1 Å². The van der Waals surface area contributed by atoms with Gasteiger partial charge in [0, 0.05) is 82.6 Å². The Bertz CT molecular complexity index is 5190. The highest BCUT2D eigenvalue weighted by Gasteiger charge is 2.62. The normalized spacial score (nSPS) is 24.9. The number of fused-ring (bicyclic) bond motifs is 4. The van der Waals surface area contributed by atoms with Gasteiger partial charge in [-0.1, -0.05) is 65.8 Å². The number of allylic oxidation sites excluding steroid dienone is 2. The minimum atomic E-state index is -3.95. The van der Waals surface area contributed by atoms with Gasteiger partial charge in [-0.2, -0.15) is 0 Å². The number of aromatic nitrogens is 4. The number of carboxylic acids is 1. The van der Waals surface area contributed by atoms with Crippen molar-refractivity contribution in [3.63, 3.8) is 0 Å². The Hall–Kier alpha value is -9.98. The molecule has 2 saturated heterocycles. The van der Waals surface area contributed by atoms with Crippen LogP contribution in [0, 0.1) is 22.7 Å². The third kappa shape index (κ3) is 23.3. The number of hydrogen-bond acceptors (Lipinski definition) is 27. The summed E-state index contributed by atoms with van der Waals surface area (Å²) >= 11 is 2.92. The molecule has 4 aliphatic heterocycles. The summed E-state index contributed by atoms with van der Waals surface area (Å²) in [4.78, 5) is 129. The molecule has 10 atom stereocenters. The lowest BCUT2D eigenvalue weighted by molar-refractivity contribution is -0.150. The molecule has 37 heteroatoms. The number of ether oxygens (including phenoxy) is 6. The number of nitrogens with two attached hydrogens (primary N) is 1. The van der Waals surface area contributed by atoms with Gasteiger partial charge in [-0.3, -0.25) is 33.4 Å². The Morgan fingerprint density at radius 2 is 0.992 bits per heavy atom. The molecule has 0 bridgehead atoms. The lowest BCUT2D eigenvalue weighted by Gasteiger charge is -2.35. The number of aliphatic carboxylic acids is 1. The van der Waals surface area contributed by atoms with Gasteiger partial charge in [-0.15, -0.1) is 22.7 Å². The van der Waals surface area contributed by atoms with Gasteiger partial charge in [0.2, 0.25) is 37.8 Å². The summed E-state index contributed by atoms with van der Waals surface area (Å²) in [5.74, 6) is -2.72. The lowest BCUT2D eigenvalue weighted by Crippen LogP contribution is -2.60. The molecule has 4 aromatic heterocycles. The van der Waals surface area contributed by atoms with E-state index < -0.39 is 132 Å². The van der Waals surface area contributed by atoms with Crippen LogP contribution in [-0.4, -0.2) is 210 Å². The monoisotopic (exact) mass is 1780 g/mol. The van der Waals surface area contributed by atoms with Crippen LogP contribution in [-0.2, 0) is 58.3 Å². The Balaban J connectivity index is 0.000000195. The van der Waals surface area contributed by atoms with Gasteiger partial charge in [0.25, 0.3) is 11.8 Å². The molecule has 123 heavy (non-hydrogen) atoms. The van der Waals surface area contributed by atoms with Crippen LogP contribution in [0.3, 0.4) is 0 Å². The molecule has 0 spiro atoms. The molecular weight excluding hydrogens is 1660 g/mol. The van der Waals surface area contributed by atoms with Gasteiger partial charge < -0.3 is 75.6 Å². The smallest absolute Gasteiger partial charge is 0.408 e. The topological polar surface area (TPSA) is 449 Å². The molecule has 10 N–H and O–H groups in total. The summed E-state index contributed by atoms with van der Waals surface area (Å²) in [6.45, 7) is 19.0. The van der Waals surface area contributed by atoms with E-state index in [4.69, 9.17) is 54.1 Å². The second kappa shape index (κ2) is 38.6. The number of thiazole rings is 2. The Kier molecular flexibility index (Phi) is 29.0. The van der Waals surface area contributed by atoms with E-state index in [0.29, 0.717) is 99.7 Å². The fourth-order valence-electron chi connectivity index (χ4n) is 16.1. The van der Waals surface area contributed by atoms with E-state index in [1.54, 1.807) is 50.6 Å². The van der Waals surface area contributed by atoms with Crippen LogP contribution in [0.5, 0.6) is 23.0 Å². The van der Waals surface area contributed by atoms with Gasteiger partial charge >= 0.3 is 18.2 Å². The molecule has 6 fully saturated rings. The van der Waals surface area contributed by atoms with Crippen molar-refractivity contribution < 1.29 is 88.7 Å². The highest BCUT2D eigenvalue weighted by atomic mass is 32.2. The molecule has 33 nitrogen and oxygen atoms in total. The summed E-state index contributed by atoms with van der Waals surface area (Å²) in [5, 5.41) is 31.9. The number of hydrogen-bond donors (Lipinski definition) is 9. The molecule has 0 radical (unpaired) electrons. The van der Waals surface area contributed by atoms with Gasteiger partial charge in [-0.05, 0) is 166 Å². The van der Waals surface area contributed by atoms with Crippen LogP contribution in [0.2, 0.25) is 0 Å². The minimum Gasteiger partial charge on any atom is -0.497 e. The third-order valence-corrected chi connectivity index (χ3v) is 27.2. The van der Waals surface area contributed by atoms with Crippen LogP contribution in [0.15, 0.2) is 83.6 Å². The summed E-state index contributed by atoms with van der Waals surface area (Å²) in [7, 11) is -4.30. The molecule has 8 heterocycles. The predicted octanol–water partition coefficient (Wildman–Crippen LogP) is 11.3. The molecule has 7 amide bonds. The van der Waals surface area contributed by atoms with Crippen LogP contribution < -0.4 is 60.7 Å². The van der Waals surface area contributed by atoms with E-state index in [2.05, 4.69) is 36.0 Å². The fourth-order valence-corrected chi connectivity index (χ4v) is 20.1. The molecule has 6 aromatic rings. The van der Waals surface area contributed by atoms with Crippen LogP contribution in [0.25, 0.3) is 44.6 Å². The lowest BCUT2D eigenvalue weighted by atomic mass is 9.85. The number of carbonyl (C=O) groups is 8. The van der Waals surface area contributed by atoms with Gasteiger partial charge in [0.05, 0.1) is 61.2 Å². The average molecular weight is 1780 g/mol. The first kappa shape index (κ1) is 92.2. The van der Waals surface area contributed by atoms with Crippen molar-refractivity contribution in [3.05, 3.63) is 83.6 Å². The van der Waals surface area contributed by atoms with Gasteiger partial charge in [0.1, 0.15) is 94.0 Å². The zero-order chi connectivity index (χ0) is 88.7. The van der Waals surface area contributed by atoms with Crippen molar-refractivity contribution >= 4 is 122 Å². The van der Waals surface area contributed by atoms with E-state index in [1.165, 1.54) is 32.5 Å². The van der Waals surface area contributed by atoms with Gasteiger partial charge in [-0.25, -0.2) is 51.2 Å². The third-order valence-electron chi connectivity index (χ3n) is 23.0. The van der Waals surface area contributed by atoms with Gasteiger partial charge in [0.15, 0.2) is 10.3 Å². The molecule has 14 rings (SSSR count). The highest BCUT2D eigenvalue weighted by molar-refractivity contribution is 7.90. The predicted molar refractivity (Wildman–Crippen MR) is 467 cm³/mol. The maximum atomic E-state index is 14.8. The molecule has 8 aliphatic rings. The Morgan fingerprint density at radius 3 is 1.42 bits per heavy atom. The zero-order valence-electron chi connectivity index (χ0n) is 71.8. The van der Waals surface area contributed by atoms with Crippen molar-refractivity contribution in [1.29, 1.82) is 0 Å². The van der Waals surface area contributed by atoms with Crippen molar-refractivity contribution in [2.75, 3.05) is 49.4 Å². The SMILES string of the molecule is COc1ccc2c(O[C@@H]3CC(C(=O)N[C@]45CC4/C=C\CCCCS(=O)(=O)NC5=O)N(C(=O)[C@@H](NC(=O)OC4CCCC4)C(C)(C)C)C3)cc(-c3csc(NC(C)C)n3)nc2c1.COc1ccc2c(O[C@@H]3CC(C(=O)O)N(C(=O)[C@@H](NC(=O)OC4CCCC4)C(C)(C)C)C3)cc(-c3csc(NC(C)C)n3)nc2c1.N[C@]12CC1/C=C\CCCCS(=O)(=O)NC2=O. The second-order valence-electron chi connectivity index (χ2n) is 35.7. The number of amides is 7. The van der Waals surface area contributed by atoms with E-state index in [9.17, 15) is 60.3 Å². The molecule has 2 aromatic carbocycles. The average Bonchev–Trinajstić information content (AvgIpc) is 1.57. The number of carboxylic acid groups (broad SMARTS) is 1. The zero-order valence-corrected chi connectivity index (χ0v) is 75.0. The number of sulfonamides is 2. The summed E-state index contributed by atoms with van der Waals surface area (Å²) < 4.78 is 88.5. The number of anilines is 2. The maximum Gasteiger partial charge on any atom is 0.408 e. The quantitative estimate of drug-likeness (QED) is 0.0302. The second-order valence-corrected chi connectivity index (χ2v) is 41.1. The first-order chi connectivity index (χ1) is 58.2. The number of nitrogens with zero attached hydrogens (tertiary/aromatic N) is 6. The Labute approximate surface area is 725 Å². The number of pyridine rings is 2. The fraction of sp³-hybridized carbons (Fsp3) is 0.581. The van der Waals surface area contributed by atoms with Crippen LogP contribution in [0.1, 0.15) is 185 Å². The van der Waals surface area contributed by atoms with E-state index in [0.717, 1.165) is 74.5 Å². The van der Waals surface area contributed by atoms with E-state index in [1.807, 2.05) is 116 Å². The van der Waals surface area contributed by atoms with Crippen molar-refractivity contribution in [2.45, 2.75) is 257 Å². The summed E-state index contributed by atoms with van der Waals surface area (Å²) in [6, 6.07) is 10.4. The summed E-state index contributed by atoms with van der Waals surface area (Å²) in [5.41, 5.74) is 5.39. The standard InChI is InChI=1S/C43H57N7O9S2.C33H43N5O7S.C10H16N2O3S/c1-25(2)44-40-46-33(24-60-40)32-21-35(30-17-16-28(57-6)19-31(30)45-32)58-29-20-34(37(51)48-43-22-26(43)13-9-7-8-12-18-61(55,56)49-39(43)53)50(23-29)38(52)36(42(3,4)5)47-41(54)59-27-14-10-11-15-27;1-18(2)34-31-36-25(17-46-31)24-15-27(22-12-11-20(43-6)13-23(22)35-24)44-21-14-26(30(40)41)38(16-21)29(39)28(33(3,4)5)37-32(42)45-19-9-7-8-10-19;11-10-7-8(10)5-3-1-2-4-6-16(14,15)12-9(10)13/h9,13,16-17,19,21,24-27,29,34,36H,7-8,10-12,14-15,18,20,22-23H2,1-6H3,(H,44,46)(H,47,54)(H,48,51)(H,49,53);11-13,15,17-19,21,26,28H,7-10,14,16H2,1-6H3,(H,34,36)(H,37,42)(H,40,41);3,5,8H,1-2,4,6-7,11H2,(H,12,13)/b13-9-;;5-3-/t26?,29-,34?,36-,43-;21-,26?,28-;8?,10-/m111/s1. The minimum absolute atomic E-state index is 0.00662. The molecular formula is C86H116N14O19S4. The first-order valence-corrected chi connectivity index (χ1v) is 47.3. The number of carbonyl (C=O) groups excluding carboxylic acids is 7. The van der Waals surface area contributed by atoms with E-state index >= 15 is 0 Å². The number of likely N-dealkylation sites (tertiary alicyclic amines) is 2. The summed E-state index contributed by atoms with van der Waals surface area (Å²) in [6.07, 6.45) is 16.2. The largest absolute Gasteiger partial charge is 0.497 e. The highest BCUT2D eigenvalue weighted by Crippen LogP contribution is 2.47. The number of rotatable bonds is 21. The molecule has 4 aliphatic carbocycles. The number of nitrogens with one attached hydrogen (secondary N) is 7. The van der Waals surface area contributed by atoms with Crippen molar-refractivity contribution in [1.82, 2.24) is 55.1 Å². The molecule has 4 saturated carbocycles. The Morgan fingerprint density at radius 1 is 0.561 bits per heavy atom. The number of benzene rings is 2. The van der Waals surface area contributed by atoms with Crippen LogP contribution >= 0.6 is 22.7 Å². The maximum absolute atomic E-state index is 14.8.